The Bertz CT molecular complexity index is 160. The highest BCUT2D eigenvalue weighted by atomic mass is 16.6. The second-order valence-electron chi connectivity index (χ2n) is 2.51. The summed E-state index contributed by atoms with van der Waals surface area (Å²) in [5.41, 5.74) is 0. The van der Waals surface area contributed by atoms with Gasteiger partial charge >= 0.3 is 11.9 Å². The molecule has 0 fully saturated rings. The lowest BCUT2D eigenvalue weighted by atomic mass is 10.3. The maximum absolute atomic E-state index is 9.78. The molecule has 0 saturated heterocycles. The number of nitrogens with two attached hydrogens (primary N) is 1. The molecule has 0 aromatic rings. The van der Waals surface area contributed by atoms with Gasteiger partial charge in [0.25, 0.3) is 0 Å². The lowest BCUT2D eigenvalue weighted by Gasteiger charge is -1.91. The van der Waals surface area contributed by atoms with E-state index in [0.29, 0.717) is 19.4 Å². The molecule has 0 aromatic heterocycles. The summed E-state index contributed by atoms with van der Waals surface area (Å²) in [7, 11) is 0. The van der Waals surface area contributed by atoms with E-state index in [-0.39, 0.29) is 6.42 Å². The van der Waals surface area contributed by atoms with E-state index in [0.717, 1.165) is 6.42 Å². The monoisotopic (exact) mass is 207 g/mol. The lowest BCUT2D eigenvalue weighted by Crippen LogP contribution is -2.03. The topological polar surface area (TPSA) is 110 Å². The van der Waals surface area contributed by atoms with E-state index in [1.807, 2.05) is 6.92 Å². The molecule has 6 heteroatoms. The third kappa shape index (κ3) is 22.4. The molecule has 0 atom stereocenters. The third-order valence-corrected chi connectivity index (χ3v) is 1.12. The van der Waals surface area contributed by atoms with Crippen molar-refractivity contribution < 1.29 is 24.6 Å². The van der Waals surface area contributed by atoms with Crippen molar-refractivity contribution in [2.75, 3.05) is 6.61 Å². The summed E-state index contributed by atoms with van der Waals surface area (Å²) in [5.74, 6) is 3.09. The van der Waals surface area contributed by atoms with Crippen LogP contribution in [0.25, 0.3) is 0 Å². The van der Waals surface area contributed by atoms with Crippen molar-refractivity contribution in [3.05, 3.63) is 0 Å². The summed E-state index contributed by atoms with van der Waals surface area (Å²) in [6.07, 6.45) is 1.62. The molecule has 0 heterocycles. The van der Waals surface area contributed by atoms with Crippen molar-refractivity contribution in [3.63, 3.8) is 0 Å². The second kappa shape index (κ2) is 11.9. The first kappa shape index (κ1) is 15.3. The average Bonchev–Trinajstić information content (AvgIpc) is 2.05. The predicted octanol–water partition coefficient (Wildman–Crippen LogP) is 0.613. The molecule has 14 heavy (non-hydrogen) atoms. The number of carboxylic acids is 2. The highest BCUT2D eigenvalue weighted by molar-refractivity contribution is 5.66. The molecule has 84 valence electrons. The molecule has 0 aromatic carbocycles. The lowest BCUT2D eigenvalue weighted by molar-refractivity contribution is -0.138. The average molecular weight is 207 g/mol. The number of rotatable bonds is 6. The van der Waals surface area contributed by atoms with Crippen molar-refractivity contribution in [2.45, 2.75) is 32.6 Å². The van der Waals surface area contributed by atoms with Crippen LogP contribution in [0, 0.1) is 0 Å². The maximum atomic E-state index is 9.78. The van der Waals surface area contributed by atoms with Gasteiger partial charge in [-0.2, -0.15) is 0 Å². The van der Waals surface area contributed by atoms with E-state index in [9.17, 15) is 9.59 Å². The first-order valence-corrected chi connectivity index (χ1v) is 4.29. The van der Waals surface area contributed by atoms with Gasteiger partial charge in [0.2, 0.25) is 0 Å². The summed E-state index contributed by atoms with van der Waals surface area (Å²) in [6.45, 7) is 2.15. The highest BCUT2D eigenvalue weighted by Crippen LogP contribution is 1.85. The molecule has 0 amide bonds. The Morgan fingerprint density at radius 2 is 1.71 bits per heavy atom. The normalized spacial score (nSPS) is 8.71. The Morgan fingerprint density at radius 3 is 1.93 bits per heavy atom. The Hall–Kier alpha value is -1.14. The van der Waals surface area contributed by atoms with E-state index in [2.05, 4.69) is 10.7 Å². The molecule has 0 rings (SSSR count). The number of hydrogen-bond donors (Lipinski definition) is 3. The quantitative estimate of drug-likeness (QED) is 0.435. The van der Waals surface area contributed by atoms with Crippen LogP contribution in [0.3, 0.4) is 0 Å². The molecule has 0 radical (unpaired) electrons. The van der Waals surface area contributed by atoms with Crippen molar-refractivity contribution in [1.82, 2.24) is 0 Å². The zero-order valence-electron chi connectivity index (χ0n) is 8.23. The number of carbonyl (C=O) groups is 2. The van der Waals surface area contributed by atoms with E-state index >= 15 is 0 Å². The molecule has 0 unspecified atom stereocenters. The summed E-state index contributed by atoms with van der Waals surface area (Å²) in [4.78, 5) is 23.5. The third-order valence-electron chi connectivity index (χ3n) is 1.12. The molecule has 0 bridgehead atoms. The van der Waals surface area contributed by atoms with Gasteiger partial charge in [-0.05, 0) is 12.8 Å². The van der Waals surface area contributed by atoms with Crippen LogP contribution >= 0.6 is 0 Å². The fraction of sp³-hybridized carbons (Fsp3) is 0.750. The Morgan fingerprint density at radius 1 is 1.21 bits per heavy atom. The van der Waals surface area contributed by atoms with Crippen LogP contribution in [0.1, 0.15) is 32.6 Å². The van der Waals surface area contributed by atoms with Crippen LogP contribution in [0.4, 0.5) is 0 Å². The van der Waals surface area contributed by atoms with Crippen LogP contribution in [0.5, 0.6) is 0 Å². The first-order valence-electron chi connectivity index (χ1n) is 4.29. The van der Waals surface area contributed by atoms with Gasteiger partial charge in [0.15, 0.2) is 0 Å². The van der Waals surface area contributed by atoms with Gasteiger partial charge in [0.1, 0.15) is 0 Å². The summed E-state index contributed by atoms with van der Waals surface area (Å²) >= 11 is 0. The molecule has 0 aliphatic rings. The van der Waals surface area contributed by atoms with Gasteiger partial charge in [-0.25, -0.2) is 5.90 Å². The van der Waals surface area contributed by atoms with Gasteiger partial charge in [-0.1, -0.05) is 6.92 Å². The molecule has 0 aliphatic carbocycles. The Kier molecular flexibility index (Phi) is 13.0. The van der Waals surface area contributed by atoms with Crippen molar-refractivity contribution >= 4 is 11.9 Å². The standard InChI is InChI=1S/C4H9NO3.C4H8O2/c5-8-3-1-2-4(6)7;1-2-3-4(5)6/h1-3,5H2,(H,6,7);2-3H2,1H3,(H,5,6). The molecule has 0 spiro atoms. The molecule has 0 aliphatic heterocycles. The summed E-state index contributed by atoms with van der Waals surface area (Å²) < 4.78 is 0. The molecular formula is C8H17NO5. The highest BCUT2D eigenvalue weighted by Gasteiger charge is 1.93. The molecule has 0 saturated carbocycles. The fourth-order valence-corrected chi connectivity index (χ4v) is 0.521. The summed E-state index contributed by atoms with van der Waals surface area (Å²) in [5, 5.41) is 16.0. The minimum Gasteiger partial charge on any atom is -0.481 e. The van der Waals surface area contributed by atoms with Gasteiger partial charge in [-0.15, -0.1) is 0 Å². The van der Waals surface area contributed by atoms with Gasteiger partial charge < -0.3 is 15.1 Å². The van der Waals surface area contributed by atoms with Gasteiger partial charge in [0, 0.05) is 12.8 Å². The molecule has 4 N–H and O–H groups in total. The largest absolute Gasteiger partial charge is 0.481 e. The van der Waals surface area contributed by atoms with Gasteiger partial charge in [0.05, 0.1) is 6.61 Å². The van der Waals surface area contributed by atoms with Crippen LogP contribution in [-0.2, 0) is 14.4 Å². The van der Waals surface area contributed by atoms with E-state index < -0.39 is 11.9 Å². The number of carboxylic acid groups (broad SMARTS) is 2. The van der Waals surface area contributed by atoms with Crippen LogP contribution in [0.2, 0.25) is 0 Å². The van der Waals surface area contributed by atoms with E-state index in [1.54, 1.807) is 0 Å². The van der Waals surface area contributed by atoms with Crippen LogP contribution in [0.15, 0.2) is 0 Å². The summed E-state index contributed by atoms with van der Waals surface area (Å²) in [6, 6.07) is 0. The fourth-order valence-electron chi connectivity index (χ4n) is 0.521. The second-order valence-corrected chi connectivity index (χ2v) is 2.51. The SMILES string of the molecule is CCCC(=O)O.NOCCCC(=O)O. The smallest absolute Gasteiger partial charge is 0.303 e. The van der Waals surface area contributed by atoms with Crippen molar-refractivity contribution in [2.24, 2.45) is 5.90 Å². The van der Waals surface area contributed by atoms with Crippen molar-refractivity contribution in [1.29, 1.82) is 0 Å². The molecular weight excluding hydrogens is 190 g/mol. The van der Waals surface area contributed by atoms with E-state index in [1.165, 1.54) is 0 Å². The molecule has 6 nitrogen and oxygen atoms in total. The predicted molar refractivity (Wildman–Crippen MR) is 49.6 cm³/mol. The van der Waals surface area contributed by atoms with Crippen LogP contribution in [-0.4, -0.2) is 28.8 Å². The zero-order valence-corrected chi connectivity index (χ0v) is 8.23. The van der Waals surface area contributed by atoms with Gasteiger partial charge in [-0.3, -0.25) is 9.59 Å². The first-order chi connectivity index (χ1) is 6.54. The minimum atomic E-state index is -0.818. The number of aliphatic carboxylic acids is 2. The van der Waals surface area contributed by atoms with Crippen LogP contribution < -0.4 is 5.90 Å². The number of hydrogen-bond acceptors (Lipinski definition) is 4. The Labute approximate surface area is 82.6 Å². The van der Waals surface area contributed by atoms with Crippen molar-refractivity contribution in [3.8, 4) is 0 Å². The van der Waals surface area contributed by atoms with E-state index in [4.69, 9.17) is 10.2 Å². The minimum absolute atomic E-state index is 0.122. The zero-order chi connectivity index (χ0) is 11.4. The maximum Gasteiger partial charge on any atom is 0.303 e. The Balaban J connectivity index is 0.